The molecule has 0 saturated heterocycles. The van der Waals surface area contributed by atoms with Crippen LogP contribution < -0.4 is 20.5 Å². The van der Waals surface area contributed by atoms with Crippen molar-refractivity contribution in [2.45, 2.75) is 24.9 Å². The Morgan fingerprint density at radius 2 is 1.41 bits per heavy atom. The molecule has 144 valence electrons. The Morgan fingerprint density at radius 3 is 1.78 bits per heavy atom. The van der Waals surface area contributed by atoms with Crippen molar-refractivity contribution in [3.05, 3.63) is 59.7 Å². The average Bonchev–Trinajstić information content (AvgIpc) is 2.70. The lowest BCUT2D eigenvalue weighted by Gasteiger charge is -2.21. The minimum Gasteiger partial charge on any atom is -0.497 e. The second kappa shape index (κ2) is 9.59. The molecule has 0 spiro atoms. The van der Waals surface area contributed by atoms with E-state index >= 15 is 0 Å². The van der Waals surface area contributed by atoms with Crippen LogP contribution in [0.2, 0.25) is 0 Å². The number of rotatable bonds is 9. The molecule has 1 amide bonds. The van der Waals surface area contributed by atoms with E-state index in [1.54, 1.807) is 14.2 Å². The molecule has 0 aliphatic rings. The van der Waals surface area contributed by atoms with E-state index in [1.165, 1.54) is 0 Å². The molecule has 0 heterocycles. The normalized spacial score (nSPS) is 11.7. The van der Waals surface area contributed by atoms with Gasteiger partial charge < -0.3 is 25.6 Å². The molecule has 2 aromatic rings. The highest BCUT2D eigenvalue weighted by Crippen LogP contribution is 2.26. The number of carbonyl (C=O) groups excluding carboxylic acids is 1. The van der Waals surface area contributed by atoms with Crippen molar-refractivity contribution >= 4 is 11.9 Å². The molecule has 7 nitrogen and oxygen atoms in total. The molecule has 0 fully saturated rings. The zero-order chi connectivity index (χ0) is 19.8. The van der Waals surface area contributed by atoms with Crippen molar-refractivity contribution < 1.29 is 24.2 Å². The Labute approximate surface area is 158 Å². The lowest BCUT2D eigenvalue weighted by Crippen LogP contribution is -2.34. The maximum atomic E-state index is 12.4. The molecule has 2 aromatic carbocycles. The molecule has 27 heavy (non-hydrogen) atoms. The van der Waals surface area contributed by atoms with E-state index in [9.17, 15) is 9.59 Å². The lowest BCUT2D eigenvalue weighted by molar-refractivity contribution is -0.138. The van der Waals surface area contributed by atoms with Gasteiger partial charge in [0.25, 0.3) is 0 Å². The van der Waals surface area contributed by atoms with Gasteiger partial charge in [0.05, 0.1) is 20.3 Å². The first-order chi connectivity index (χ1) is 12.9. The Balaban J connectivity index is 2.20. The second-order valence-electron chi connectivity index (χ2n) is 6.03. The van der Waals surface area contributed by atoms with Gasteiger partial charge in [-0.15, -0.1) is 0 Å². The van der Waals surface area contributed by atoms with Crippen LogP contribution in [0.4, 0.5) is 0 Å². The molecule has 0 aliphatic heterocycles. The molecule has 0 unspecified atom stereocenters. The fourth-order valence-electron chi connectivity index (χ4n) is 2.60. The van der Waals surface area contributed by atoms with E-state index in [0.29, 0.717) is 11.5 Å². The molecule has 0 saturated carbocycles. The number of nitrogens with one attached hydrogen (secondary N) is 1. The standard InChI is InChI=1S/C20H24N2O5/c1-26-15-7-3-13(4-8-15)19(14-5-9-16(27-2)10-6-14)22-18(23)12-11-17(21)20(24)25/h3-10,17,19H,11-12,21H2,1-2H3,(H,22,23)(H,24,25)/t17-/m0/s1. The highest BCUT2D eigenvalue weighted by molar-refractivity contribution is 5.79. The van der Waals surface area contributed by atoms with Crippen molar-refractivity contribution in [2.24, 2.45) is 5.73 Å². The van der Waals surface area contributed by atoms with Crippen molar-refractivity contribution in [1.29, 1.82) is 0 Å². The number of methoxy groups -OCH3 is 2. The molecule has 1 atom stereocenters. The monoisotopic (exact) mass is 372 g/mol. The average molecular weight is 372 g/mol. The zero-order valence-corrected chi connectivity index (χ0v) is 15.3. The summed E-state index contributed by atoms with van der Waals surface area (Å²) < 4.78 is 10.4. The van der Waals surface area contributed by atoms with Gasteiger partial charge in [-0.25, -0.2) is 0 Å². The minimum absolute atomic E-state index is 0.0241. The summed E-state index contributed by atoms with van der Waals surface area (Å²) >= 11 is 0. The maximum Gasteiger partial charge on any atom is 0.320 e. The van der Waals surface area contributed by atoms with Gasteiger partial charge in [0.15, 0.2) is 0 Å². The summed E-state index contributed by atoms with van der Waals surface area (Å²) in [6.07, 6.45) is 0.0926. The van der Waals surface area contributed by atoms with Crippen LogP contribution in [0.1, 0.15) is 30.0 Å². The van der Waals surface area contributed by atoms with E-state index in [2.05, 4.69) is 5.32 Å². The van der Waals surface area contributed by atoms with Gasteiger partial charge in [-0.3, -0.25) is 9.59 Å². The molecule has 4 N–H and O–H groups in total. The van der Waals surface area contributed by atoms with Crippen LogP contribution in [0.25, 0.3) is 0 Å². The summed E-state index contributed by atoms with van der Waals surface area (Å²) in [5, 5.41) is 11.8. The minimum atomic E-state index is -1.12. The largest absolute Gasteiger partial charge is 0.497 e. The number of nitrogens with two attached hydrogens (primary N) is 1. The predicted molar refractivity (Wildman–Crippen MR) is 101 cm³/mol. The summed E-state index contributed by atoms with van der Waals surface area (Å²) in [6.45, 7) is 0. The van der Waals surface area contributed by atoms with Crippen molar-refractivity contribution in [3.63, 3.8) is 0 Å². The predicted octanol–water partition coefficient (Wildman–Crippen LogP) is 2.10. The molecule has 0 aliphatic carbocycles. The highest BCUT2D eigenvalue weighted by Gasteiger charge is 2.19. The van der Waals surface area contributed by atoms with E-state index in [4.69, 9.17) is 20.3 Å². The van der Waals surface area contributed by atoms with E-state index in [0.717, 1.165) is 11.1 Å². The van der Waals surface area contributed by atoms with Gasteiger partial charge >= 0.3 is 5.97 Å². The fourth-order valence-corrected chi connectivity index (χ4v) is 2.60. The van der Waals surface area contributed by atoms with Crippen molar-refractivity contribution in [1.82, 2.24) is 5.32 Å². The van der Waals surface area contributed by atoms with Crippen molar-refractivity contribution in [3.8, 4) is 11.5 Å². The third-order valence-electron chi connectivity index (χ3n) is 4.20. The summed E-state index contributed by atoms with van der Waals surface area (Å²) in [7, 11) is 3.17. The van der Waals surface area contributed by atoms with Crippen LogP contribution in [-0.4, -0.2) is 37.2 Å². The van der Waals surface area contributed by atoms with Gasteiger partial charge in [0.1, 0.15) is 17.5 Å². The number of carbonyl (C=O) groups is 2. The number of carboxylic acid groups (broad SMARTS) is 1. The smallest absolute Gasteiger partial charge is 0.320 e. The highest BCUT2D eigenvalue weighted by atomic mass is 16.5. The fraction of sp³-hybridized carbons (Fsp3) is 0.300. The SMILES string of the molecule is COc1ccc(C(NC(=O)CC[C@H](N)C(=O)O)c2ccc(OC)cc2)cc1. The quantitative estimate of drug-likeness (QED) is 0.622. The topological polar surface area (TPSA) is 111 Å². The summed E-state index contributed by atoms with van der Waals surface area (Å²) in [4.78, 5) is 23.2. The number of hydrogen-bond donors (Lipinski definition) is 3. The second-order valence-corrected chi connectivity index (χ2v) is 6.03. The number of ether oxygens (including phenoxy) is 2. The van der Waals surface area contributed by atoms with Gasteiger partial charge in [-0.2, -0.15) is 0 Å². The van der Waals surface area contributed by atoms with E-state index in [1.807, 2.05) is 48.5 Å². The Bertz CT molecular complexity index is 711. The van der Waals surface area contributed by atoms with E-state index < -0.39 is 18.1 Å². The summed E-state index contributed by atoms with van der Waals surface area (Å²) in [6, 6.07) is 13.3. The molecule has 0 radical (unpaired) electrons. The van der Waals surface area contributed by atoms with Crippen molar-refractivity contribution in [2.75, 3.05) is 14.2 Å². The number of amides is 1. The van der Waals surface area contributed by atoms with Crippen LogP contribution in [0.15, 0.2) is 48.5 Å². The van der Waals surface area contributed by atoms with Gasteiger partial charge in [0.2, 0.25) is 5.91 Å². The molecule has 7 heteroatoms. The molecular formula is C20H24N2O5. The first-order valence-electron chi connectivity index (χ1n) is 8.50. The molecule has 2 rings (SSSR count). The zero-order valence-electron chi connectivity index (χ0n) is 15.3. The Hall–Kier alpha value is -3.06. The first kappa shape index (κ1) is 20.3. The van der Waals surface area contributed by atoms with Crippen LogP contribution in [0, 0.1) is 0 Å². The van der Waals surface area contributed by atoms with Crippen LogP contribution in [0.3, 0.4) is 0 Å². The summed E-state index contributed by atoms with van der Waals surface area (Å²) in [5.41, 5.74) is 7.22. The lowest BCUT2D eigenvalue weighted by atomic mass is 9.98. The number of benzene rings is 2. The third kappa shape index (κ3) is 5.72. The number of carboxylic acids is 1. The van der Waals surface area contributed by atoms with Crippen LogP contribution >= 0.6 is 0 Å². The third-order valence-corrected chi connectivity index (χ3v) is 4.20. The van der Waals surface area contributed by atoms with Gasteiger partial charge in [-0.05, 0) is 41.8 Å². The summed E-state index contributed by atoms with van der Waals surface area (Å²) in [5.74, 6) is 0.0324. The van der Waals surface area contributed by atoms with Crippen LogP contribution in [-0.2, 0) is 9.59 Å². The number of aliphatic carboxylic acids is 1. The van der Waals surface area contributed by atoms with E-state index in [-0.39, 0.29) is 18.7 Å². The van der Waals surface area contributed by atoms with Crippen LogP contribution in [0.5, 0.6) is 11.5 Å². The number of hydrogen-bond acceptors (Lipinski definition) is 5. The molecule has 0 aromatic heterocycles. The Morgan fingerprint density at radius 1 is 0.963 bits per heavy atom. The molecular weight excluding hydrogens is 348 g/mol. The Kier molecular flexibility index (Phi) is 7.19. The first-order valence-corrected chi connectivity index (χ1v) is 8.50. The van der Waals surface area contributed by atoms with Gasteiger partial charge in [-0.1, -0.05) is 24.3 Å². The molecule has 0 bridgehead atoms. The van der Waals surface area contributed by atoms with Gasteiger partial charge in [0, 0.05) is 6.42 Å². The maximum absolute atomic E-state index is 12.4.